The Labute approximate surface area is 129 Å². The van der Waals surface area contributed by atoms with Gasteiger partial charge in [0.1, 0.15) is 0 Å². The molecule has 2 saturated heterocycles. The van der Waals surface area contributed by atoms with Crippen molar-refractivity contribution >= 4 is 27.5 Å². The smallest absolute Gasteiger partial charge is 0.227 e. The van der Waals surface area contributed by atoms with Crippen molar-refractivity contribution in [1.82, 2.24) is 4.90 Å². The normalized spacial score (nSPS) is 23.8. The minimum Gasteiger partial charge on any atom is -0.312 e. The fourth-order valence-electron chi connectivity index (χ4n) is 3.11. The number of carbonyl (C=O) groups is 1. The van der Waals surface area contributed by atoms with E-state index in [9.17, 15) is 4.79 Å². The number of carbonyl (C=O) groups excluding carboxylic acids is 1. The fourth-order valence-corrected chi connectivity index (χ4v) is 3.55. The van der Waals surface area contributed by atoms with Crippen molar-refractivity contribution in [3.05, 3.63) is 29.8 Å². The third-order valence-corrected chi connectivity index (χ3v) is 5.19. The van der Waals surface area contributed by atoms with E-state index in [-0.39, 0.29) is 5.91 Å². The zero-order valence-corrected chi connectivity index (χ0v) is 13.3. The molecular formula is C16H21BrN2O. The zero-order chi connectivity index (χ0) is 13.9. The molecule has 1 atom stereocenters. The summed E-state index contributed by atoms with van der Waals surface area (Å²) >= 11 is 3.48. The predicted octanol–water partition coefficient (Wildman–Crippen LogP) is 3.03. The first-order valence-electron chi connectivity index (χ1n) is 7.44. The van der Waals surface area contributed by atoms with Gasteiger partial charge in [-0.05, 0) is 49.5 Å². The molecule has 0 N–H and O–H groups in total. The van der Waals surface area contributed by atoms with Gasteiger partial charge in [-0.25, -0.2) is 0 Å². The topological polar surface area (TPSA) is 23.6 Å². The second-order valence-corrected chi connectivity index (χ2v) is 6.53. The second kappa shape index (κ2) is 6.27. The average Bonchev–Trinajstić information content (AvgIpc) is 3.09. The molecule has 108 valence electrons. The number of rotatable bonds is 4. The van der Waals surface area contributed by atoms with Crippen molar-refractivity contribution in [1.29, 1.82) is 0 Å². The molecule has 2 heterocycles. The summed E-state index contributed by atoms with van der Waals surface area (Å²) in [5.41, 5.74) is 2.39. The van der Waals surface area contributed by atoms with Gasteiger partial charge in [-0.15, -0.1) is 0 Å². The molecule has 0 aliphatic carbocycles. The molecule has 0 saturated carbocycles. The van der Waals surface area contributed by atoms with Crippen LogP contribution in [0.5, 0.6) is 0 Å². The Morgan fingerprint density at radius 2 is 1.85 bits per heavy atom. The highest BCUT2D eigenvalue weighted by Gasteiger charge is 2.29. The summed E-state index contributed by atoms with van der Waals surface area (Å²) in [6.07, 6.45) is 3.32. The Morgan fingerprint density at radius 1 is 1.15 bits per heavy atom. The van der Waals surface area contributed by atoms with Crippen molar-refractivity contribution < 1.29 is 4.79 Å². The molecule has 1 amide bonds. The molecule has 3 rings (SSSR count). The maximum absolute atomic E-state index is 12.0. The summed E-state index contributed by atoms with van der Waals surface area (Å²) in [6.45, 7) is 4.33. The van der Waals surface area contributed by atoms with Crippen LogP contribution in [0.1, 0.15) is 24.8 Å². The molecule has 0 bridgehead atoms. The first-order chi connectivity index (χ1) is 9.76. The van der Waals surface area contributed by atoms with E-state index in [1.165, 1.54) is 31.5 Å². The lowest BCUT2D eigenvalue weighted by Crippen LogP contribution is -2.24. The SMILES string of the molecule is O=C1CC(CBr)CN1c1ccc(CN2CCCC2)cc1. The van der Waals surface area contributed by atoms with Gasteiger partial charge in [0, 0.05) is 30.5 Å². The van der Waals surface area contributed by atoms with Crippen LogP contribution in [0.15, 0.2) is 24.3 Å². The Balaban J connectivity index is 1.65. The van der Waals surface area contributed by atoms with Crippen molar-refractivity contribution in [2.45, 2.75) is 25.8 Å². The molecule has 2 aliphatic heterocycles. The maximum Gasteiger partial charge on any atom is 0.227 e. The molecule has 1 aromatic carbocycles. The molecule has 1 aromatic rings. The highest BCUT2D eigenvalue weighted by Crippen LogP contribution is 2.26. The van der Waals surface area contributed by atoms with E-state index in [1.54, 1.807) is 0 Å². The van der Waals surface area contributed by atoms with E-state index < -0.39 is 0 Å². The highest BCUT2D eigenvalue weighted by atomic mass is 79.9. The fraction of sp³-hybridized carbons (Fsp3) is 0.562. The minimum atomic E-state index is 0.252. The molecule has 0 aromatic heterocycles. The lowest BCUT2D eigenvalue weighted by atomic mass is 10.1. The summed E-state index contributed by atoms with van der Waals surface area (Å²) in [5.74, 6) is 0.702. The number of alkyl halides is 1. The molecule has 0 radical (unpaired) electrons. The molecule has 2 aliphatic rings. The van der Waals surface area contributed by atoms with E-state index in [0.29, 0.717) is 12.3 Å². The van der Waals surface area contributed by atoms with Gasteiger partial charge in [0.25, 0.3) is 0 Å². The molecule has 0 spiro atoms. The summed E-state index contributed by atoms with van der Waals surface area (Å²) in [6, 6.07) is 8.53. The Kier molecular flexibility index (Phi) is 4.41. The highest BCUT2D eigenvalue weighted by molar-refractivity contribution is 9.09. The molecule has 2 fully saturated rings. The van der Waals surface area contributed by atoms with Crippen LogP contribution >= 0.6 is 15.9 Å². The Bertz CT molecular complexity index is 468. The number of hydrogen-bond acceptors (Lipinski definition) is 2. The summed E-state index contributed by atoms with van der Waals surface area (Å²) < 4.78 is 0. The number of likely N-dealkylation sites (tertiary alicyclic amines) is 1. The number of nitrogens with zero attached hydrogens (tertiary/aromatic N) is 2. The average molecular weight is 337 g/mol. The Hall–Kier alpha value is -0.870. The lowest BCUT2D eigenvalue weighted by Gasteiger charge is -2.18. The number of hydrogen-bond donors (Lipinski definition) is 0. The van der Waals surface area contributed by atoms with Gasteiger partial charge in [-0.2, -0.15) is 0 Å². The van der Waals surface area contributed by atoms with Crippen molar-refractivity contribution in [2.75, 3.05) is 29.9 Å². The number of halogens is 1. The van der Waals surface area contributed by atoms with Crippen LogP contribution in [0.3, 0.4) is 0 Å². The van der Waals surface area contributed by atoms with Crippen LogP contribution in [0.4, 0.5) is 5.69 Å². The van der Waals surface area contributed by atoms with Crippen LogP contribution in [0.2, 0.25) is 0 Å². The first-order valence-corrected chi connectivity index (χ1v) is 8.56. The van der Waals surface area contributed by atoms with Crippen molar-refractivity contribution in [3.63, 3.8) is 0 Å². The predicted molar refractivity (Wildman–Crippen MR) is 85.2 cm³/mol. The molecule has 1 unspecified atom stereocenters. The number of anilines is 1. The third kappa shape index (κ3) is 3.07. The zero-order valence-electron chi connectivity index (χ0n) is 11.7. The minimum absolute atomic E-state index is 0.252. The monoisotopic (exact) mass is 336 g/mol. The summed E-state index contributed by atoms with van der Waals surface area (Å²) in [5, 5.41) is 0.905. The van der Waals surface area contributed by atoms with Gasteiger partial charge in [0.05, 0.1) is 0 Å². The molecule has 20 heavy (non-hydrogen) atoms. The van der Waals surface area contributed by atoms with Gasteiger partial charge < -0.3 is 4.90 Å². The van der Waals surface area contributed by atoms with Crippen molar-refractivity contribution in [3.8, 4) is 0 Å². The first kappa shape index (κ1) is 14.1. The van der Waals surface area contributed by atoms with Crippen molar-refractivity contribution in [2.24, 2.45) is 5.92 Å². The van der Waals surface area contributed by atoms with E-state index in [0.717, 1.165) is 24.1 Å². The van der Waals surface area contributed by atoms with E-state index in [4.69, 9.17) is 0 Å². The van der Waals surface area contributed by atoms with Gasteiger partial charge in [-0.1, -0.05) is 28.1 Å². The van der Waals surface area contributed by atoms with Gasteiger partial charge in [0.2, 0.25) is 5.91 Å². The molecular weight excluding hydrogens is 316 g/mol. The van der Waals surface area contributed by atoms with Crippen LogP contribution in [0, 0.1) is 5.92 Å². The maximum atomic E-state index is 12.0. The number of benzene rings is 1. The Morgan fingerprint density at radius 3 is 2.45 bits per heavy atom. The standard InChI is InChI=1S/C16H21BrN2O/c17-10-14-9-16(20)19(12-14)15-5-3-13(4-6-15)11-18-7-1-2-8-18/h3-6,14H,1-2,7-12H2. The van der Waals surface area contributed by atoms with Gasteiger partial charge in [0.15, 0.2) is 0 Å². The molecule has 3 nitrogen and oxygen atoms in total. The quantitative estimate of drug-likeness (QED) is 0.789. The summed E-state index contributed by atoms with van der Waals surface area (Å²) in [4.78, 5) is 16.4. The van der Waals surface area contributed by atoms with Gasteiger partial charge >= 0.3 is 0 Å². The number of amides is 1. The van der Waals surface area contributed by atoms with Crippen LogP contribution in [-0.4, -0.2) is 35.8 Å². The van der Waals surface area contributed by atoms with Crippen LogP contribution in [-0.2, 0) is 11.3 Å². The largest absolute Gasteiger partial charge is 0.312 e. The molecule has 4 heteroatoms. The summed E-state index contributed by atoms with van der Waals surface area (Å²) in [7, 11) is 0. The van der Waals surface area contributed by atoms with Crippen LogP contribution < -0.4 is 4.90 Å². The van der Waals surface area contributed by atoms with E-state index in [1.807, 2.05) is 4.90 Å². The van der Waals surface area contributed by atoms with Gasteiger partial charge in [-0.3, -0.25) is 9.69 Å². The van der Waals surface area contributed by atoms with E-state index >= 15 is 0 Å². The van der Waals surface area contributed by atoms with E-state index in [2.05, 4.69) is 45.1 Å². The third-order valence-electron chi connectivity index (χ3n) is 4.28. The second-order valence-electron chi connectivity index (χ2n) is 5.88. The van der Waals surface area contributed by atoms with Crippen LogP contribution in [0.25, 0.3) is 0 Å². The lowest BCUT2D eigenvalue weighted by molar-refractivity contribution is -0.117.